The predicted octanol–water partition coefficient (Wildman–Crippen LogP) is 2.68. The molecule has 148 valence electrons. The Kier molecular flexibility index (Phi) is 5.55. The van der Waals surface area contributed by atoms with E-state index in [-0.39, 0.29) is 6.03 Å². The van der Waals surface area contributed by atoms with Gasteiger partial charge in [0.1, 0.15) is 5.75 Å². The third kappa shape index (κ3) is 4.01. The molecule has 2 aromatic carbocycles. The van der Waals surface area contributed by atoms with Crippen molar-refractivity contribution in [1.82, 2.24) is 10.2 Å². The van der Waals surface area contributed by atoms with Crippen molar-refractivity contribution in [1.29, 1.82) is 0 Å². The second-order valence-electron chi connectivity index (χ2n) is 7.41. The van der Waals surface area contributed by atoms with E-state index in [1.165, 1.54) is 11.3 Å². The maximum absolute atomic E-state index is 12.4. The fraction of sp³-hybridized carbons (Fsp3) is 0.409. The van der Waals surface area contributed by atoms with Gasteiger partial charge in [-0.3, -0.25) is 0 Å². The fourth-order valence-electron chi connectivity index (χ4n) is 4.10. The first-order valence-corrected chi connectivity index (χ1v) is 10.1. The van der Waals surface area contributed by atoms with Crippen LogP contribution in [0.1, 0.15) is 12.0 Å². The molecule has 0 aromatic heterocycles. The minimum Gasteiger partial charge on any atom is -0.506 e. The molecule has 1 saturated heterocycles. The Bertz CT molecular complexity index is 818. The standard InChI is InChI=1S/C22H28N4O2/c27-21-9-4-3-8-20(21)25-14-16-26(17-15-25)22(28)23-11-5-12-24-13-10-18-6-1-2-7-19(18)24/h1-4,6-9,27H,5,10-17H2,(H,23,28). The van der Waals surface area contributed by atoms with Gasteiger partial charge in [-0.05, 0) is 36.6 Å². The number of carbonyl (C=O) groups excluding carboxylic acids is 1. The normalized spacial score (nSPS) is 16.2. The third-order valence-electron chi connectivity index (χ3n) is 5.65. The van der Waals surface area contributed by atoms with Gasteiger partial charge in [-0.25, -0.2) is 4.79 Å². The van der Waals surface area contributed by atoms with Gasteiger partial charge >= 0.3 is 6.03 Å². The van der Waals surface area contributed by atoms with E-state index >= 15 is 0 Å². The average molecular weight is 380 g/mol. The molecule has 0 unspecified atom stereocenters. The van der Waals surface area contributed by atoms with E-state index in [4.69, 9.17) is 0 Å². The zero-order chi connectivity index (χ0) is 19.3. The Labute approximate surface area is 166 Å². The van der Waals surface area contributed by atoms with Gasteiger partial charge in [-0.2, -0.15) is 0 Å². The number of hydrogen-bond donors (Lipinski definition) is 2. The fourth-order valence-corrected chi connectivity index (χ4v) is 4.10. The highest BCUT2D eigenvalue weighted by Crippen LogP contribution is 2.28. The Morgan fingerprint density at radius 1 is 0.929 bits per heavy atom. The number of phenols is 1. The first-order valence-electron chi connectivity index (χ1n) is 10.1. The summed E-state index contributed by atoms with van der Waals surface area (Å²) in [6.45, 7) is 5.53. The summed E-state index contributed by atoms with van der Waals surface area (Å²) < 4.78 is 0. The average Bonchev–Trinajstić information content (AvgIpc) is 3.15. The van der Waals surface area contributed by atoms with Crippen molar-refractivity contribution in [3.05, 3.63) is 54.1 Å². The number of anilines is 2. The van der Waals surface area contributed by atoms with Crippen LogP contribution >= 0.6 is 0 Å². The van der Waals surface area contributed by atoms with Crippen molar-refractivity contribution in [2.75, 3.05) is 55.6 Å². The molecule has 2 aliphatic rings. The van der Waals surface area contributed by atoms with Gasteiger partial charge < -0.3 is 25.1 Å². The van der Waals surface area contributed by atoms with Gasteiger partial charge in [0.2, 0.25) is 0 Å². The molecule has 2 amide bonds. The van der Waals surface area contributed by atoms with E-state index in [0.717, 1.165) is 44.7 Å². The molecule has 0 radical (unpaired) electrons. The van der Waals surface area contributed by atoms with E-state index in [9.17, 15) is 9.90 Å². The topological polar surface area (TPSA) is 59.1 Å². The summed E-state index contributed by atoms with van der Waals surface area (Å²) in [6, 6.07) is 16.0. The highest BCUT2D eigenvalue weighted by atomic mass is 16.3. The number of rotatable bonds is 5. The van der Waals surface area contributed by atoms with Crippen LogP contribution in [0.2, 0.25) is 0 Å². The molecule has 1 fully saturated rings. The van der Waals surface area contributed by atoms with Crippen molar-refractivity contribution in [3.8, 4) is 5.75 Å². The Morgan fingerprint density at radius 3 is 2.43 bits per heavy atom. The number of nitrogens with zero attached hydrogens (tertiary/aromatic N) is 3. The maximum Gasteiger partial charge on any atom is 0.317 e. The van der Waals surface area contributed by atoms with Crippen molar-refractivity contribution >= 4 is 17.4 Å². The number of amides is 2. The SMILES string of the molecule is O=C(NCCCN1CCc2ccccc21)N1CCN(c2ccccc2O)CC1. The molecule has 2 aliphatic heterocycles. The molecule has 28 heavy (non-hydrogen) atoms. The lowest BCUT2D eigenvalue weighted by Gasteiger charge is -2.36. The molecule has 6 nitrogen and oxygen atoms in total. The second kappa shape index (κ2) is 8.42. The summed E-state index contributed by atoms with van der Waals surface area (Å²) in [5, 5.41) is 13.1. The summed E-state index contributed by atoms with van der Waals surface area (Å²) in [7, 11) is 0. The lowest BCUT2D eigenvalue weighted by atomic mass is 10.2. The Hall–Kier alpha value is -2.89. The largest absolute Gasteiger partial charge is 0.506 e. The highest BCUT2D eigenvalue weighted by molar-refractivity contribution is 5.74. The van der Waals surface area contributed by atoms with Crippen molar-refractivity contribution in [2.24, 2.45) is 0 Å². The molecule has 2 heterocycles. The first kappa shape index (κ1) is 18.5. The molecule has 2 aromatic rings. The van der Waals surface area contributed by atoms with Crippen molar-refractivity contribution < 1.29 is 9.90 Å². The van der Waals surface area contributed by atoms with Crippen LogP contribution in [-0.2, 0) is 6.42 Å². The number of para-hydroxylation sites is 3. The summed E-state index contributed by atoms with van der Waals surface area (Å²) >= 11 is 0. The van der Waals surface area contributed by atoms with Gasteiger partial charge in [0.15, 0.2) is 0 Å². The smallest absolute Gasteiger partial charge is 0.317 e. The molecule has 0 bridgehead atoms. The number of fused-ring (bicyclic) bond motifs is 1. The number of carbonyl (C=O) groups is 1. The van der Waals surface area contributed by atoms with E-state index in [1.54, 1.807) is 6.07 Å². The molecular formula is C22H28N4O2. The molecule has 0 saturated carbocycles. The van der Waals surface area contributed by atoms with Crippen molar-refractivity contribution in [3.63, 3.8) is 0 Å². The maximum atomic E-state index is 12.4. The lowest BCUT2D eigenvalue weighted by Crippen LogP contribution is -2.52. The Morgan fingerprint density at radius 2 is 1.64 bits per heavy atom. The minimum absolute atomic E-state index is 0.0127. The van der Waals surface area contributed by atoms with Crippen LogP contribution in [0, 0.1) is 0 Å². The lowest BCUT2D eigenvalue weighted by molar-refractivity contribution is 0.194. The zero-order valence-corrected chi connectivity index (χ0v) is 16.2. The number of nitrogens with one attached hydrogen (secondary N) is 1. The summed E-state index contributed by atoms with van der Waals surface area (Å²) in [6.07, 6.45) is 2.06. The summed E-state index contributed by atoms with van der Waals surface area (Å²) in [5.41, 5.74) is 3.61. The van der Waals surface area contributed by atoms with E-state index in [0.29, 0.717) is 25.4 Å². The molecular weight excluding hydrogens is 352 g/mol. The predicted molar refractivity (Wildman–Crippen MR) is 112 cm³/mol. The quantitative estimate of drug-likeness (QED) is 0.783. The van der Waals surface area contributed by atoms with Crippen LogP contribution in [0.25, 0.3) is 0 Å². The number of hydrogen-bond acceptors (Lipinski definition) is 4. The molecule has 2 N–H and O–H groups in total. The Balaban J connectivity index is 1.18. The molecule has 6 heteroatoms. The van der Waals surface area contributed by atoms with Crippen LogP contribution in [0.4, 0.5) is 16.2 Å². The van der Waals surface area contributed by atoms with Crippen LogP contribution < -0.4 is 15.1 Å². The van der Waals surface area contributed by atoms with Crippen molar-refractivity contribution in [2.45, 2.75) is 12.8 Å². The zero-order valence-electron chi connectivity index (χ0n) is 16.2. The molecule has 0 aliphatic carbocycles. The van der Waals surface area contributed by atoms with E-state index in [2.05, 4.69) is 39.4 Å². The van der Waals surface area contributed by atoms with Crippen LogP contribution in [0.15, 0.2) is 48.5 Å². The summed E-state index contributed by atoms with van der Waals surface area (Å²) in [4.78, 5) is 18.8. The first-order chi connectivity index (χ1) is 13.7. The van der Waals surface area contributed by atoms with Gasteiger partial charge in [0.05, 0.1) is 5.69 Å². The van der Waals surface area contributed by atoms with Gasteiger partial charge in [0, 0.05) is 51.5 Å². The van der Waals surface area contributed by atoms with Crippen LogP contribution in [0.5, 0.6) is 5.75 Å². The molecule has 0 spiro atoms. The number of phenolic OH excluding ortho intramolecular Hbond substituents is 1. The molecule has 4 rings (SSSR count). The van der Waals surface area contributed by atoms with Gasteiger partial charge in [0.25, 0.3) is 0 Å². The monoisotopic (exact) mass is 380 g/mol. The van der Waals surface area contributed by atoms with Crippen LogP contribution in [0.3, 0.4) is 0 Å². The highest BCUT2D eigenvalue weighted by Gasteiger charge is 2.22. The number of aromatic hydroxyl groups is 1. The molecule has 0 atom stereocenters. The van der Waals surface area contributed by atoms with Gasteiger partial charge in [-0.1, -0.05) is 30.3 Å². The summed E-state index contributed by atoms with van der Waals surface area (Å²) in [5.74, 6) is 0.295. The number of benzene rings is 2. The van der Waals surface area contributed by atoms with E-state index in [1.807, 2.05) is 23.1 Å². The number of urea groups is 1. The van der Waals surface area contributed by atoms with E-state index < -0.39 is 0 Å². The van der Waals surface area contributed by atoms with Crippen LogP contribution in [-0.4, -0.2) is 61.9 Å². The van der Waals surface area contributed by atoms with Gasteiger partial charge in [-0.15, -0.1) is 0 Å². The second-order valence-corrected chi connectivity index (χ2v) is 7.41. The number of piperazine rings is 1. The minimum atomic E-state index is 0.0127. The third-order valence-corrected chi connectivity index (χ3v) is 5.65.